The van der Waals surface area contributed by atoms with E-state index >= 15 is 0 Å². The van der Waals surface area contributed by atoms with Gasteiger partial charge in [-0.1, -0.05) is 0 Å². The quantitative estimate of drug-likeness (QED) is 0.742. The van der Waals surface area contributed by atoms with E-state index in [1.807, 2.05) is 21.0 Å². The second kappa shape index (κ2) is 3.93. The fourth-order valence-corrected chi connectivity index (χ4v) is 1.85. The Morgan fingerprint density at radius 2 is 2.25 bits per heavy atom. The lowest BCUT2D eigenvalue weighted by atomic mass is 10.3. The molecule has 0 aromatic carbocycles. The summed E-state index contributed by atoms with van der Waals surface area (Å²) in [4.78, 5) is 6.34. The lowest BCUT2D eigenvalue weighted by molar-refractivity contribution is 0.305. The molecule has 1 rings (SSSR count). The van der Waals surface area contributed by atoms with Gasteiger partial charge in [0.2, 0.25) is 0 Å². The van der Waals surface area contributed by atoms with E-state index < -0.39 is 0 Å². The SMILES string of the molecule is Cc1nsc(C(CN)N(C)C)n1. The summed E-state index contributed by atoms with van der Waals surface area (Å²) in [5.74, 6) is 0.829. The Balaban J connectivity index is 2.80. The zero-order valence-electron chi connectivity index (χ0n) is 7.61. The Morgan fingerprint density at radius 1 is 1.58 bits per heavy atom. The highest BCUT2D eigenvalue weighted by molar-refractivity contribution is 7.05. The maximum atomic E-state index is 5.61. The number of nitrogens with two attached hydrogens (primary N) is 1. The number of hydrogen-bond donors (Lipinski definition) is 1. The molecule has 2 N–H and O–H groups in total. The Labute approximate surface area is 76.6 Å². The molecule has 1 aromatic heterocycles. The molecule has 0 saturated carbocycles. The van der Waals surface area contributed by atoms with Gasteiger partial charge in [0.05, 0.1) is 6.04 Å². The highest BCUT2D eigenvalue weighted by Crippen LogP contribution is 2.18. The van der Waals surface area contributed by atoms with Crippen molar-refractivity contribution in [3.8, 4) is 0 Å². The summed E-state index contributed by atoms with van der Waals surface area (Å²) in [5.41, 5.74) is 5.61. The van der Waals surface area contributed by atoms with Crippen LogP contribution in [0.25, 0.3) is 0 Å². The molecule has 0 radical (unpaired) electrons. The van der Waals surface area contributed by atoms with Gasteiger partial charge in [-0.15, -0.1) is 0 Å². The Kier molecular flexibility index (Phi) is 3.13. The molecule has 12 heavy (non-hydrogen) atoms. The van der Waals surface area contributed by atoms with Crippen molar-refractivity contribution < 1.29 is 0 Å². The van der Waals surface area contributed by atoms with Crippen molar-refractivity contribution in [3.63, 3.8) is 0 Å². The van der Waals surface area contributed by atoms with Gasteiger partial charge >= 0.3 is 0 Å². The number of aryl methyl sites for hydroxylation is 1. The van der Waals surface area contributed by atoms with Crippen molar-refractivity contribution in [1.82, 2.24) is 14.3 Å². The van der Waals surface area contributed by atoms with E-state index in [0.29, 0.717) is 6.54 Å². The zero-order chi connectivity index (χ0) is 9.14. The predicted octanol–water partition coefficient (Wildman–Crippen LogP) is 0.408. The molecule has 0 aliphatic carbocycles. The standard InChI is InChI=1S/C7H14N4S/c1-5-9-7(12-10-5)6(4-8)11(2)3/h6H,4,8H2,1-3H3. The first kappa shape index (κ1) is 9.57. The van der Waals surface area contributed by atoms with Gasteiger partial charge in [-0.25, -0.2) is 4.98 Å². The number of likely N-dealkylation sites (N-methyl/N-ethyl adjacent to an activating group) is 1. The number of aromatic nitrogens is 2. The molecule has 0 fully saturated rings. The van der Waals surface area contributed by atoms with Crippen LogP contribution in [-0.2, 0) is 0 Å². The van der Waals surface area contributed by atoms with Crippen LogP contribution in [0.5, 0.6) is 0 Å². The Hall–Kier alpha value is -0.520. The molecule has 0 bridgehead atoms. The van der Waals surface area contributed by atoms with Gasteiger partial charge in [0.25, 0.3) is 0 Å². The molecular weight excluding hydrogens is 172 g/mol. The third-order valence-electron chi connectivity index (χ3n) is 1.67. The van der Waals surface area contributed by atoms with Crippen LogP contribution in [0.1, 0.15) is 16.9 Å². The average Bonchev–Trinajstić information content (AvgIpc) is 2.37. The van der Waals surface area contributed by atoms with Crippen LogP contribution in [0.3, 0.4) is 0 Å². The van der Waals surface area contributed by atoms with Gasteiger partial charge in [-0.3, -0.25) is 4.90 Å². The van der Waals surface area contributed by atoms with Crippen molar-refractivity contribution in [3.05, 3.63) is 10.8 Å². The fourth-order valence-electron chi connectivity index (χ4n) is 0.981. The predicted molar refractivity (Wildman–Crippen MR) is 50.1 cm³/mol. The van der Waals surface area contributed by atoms with E-state index in [9.17, 15) is 0 Å². The highest BCUT2D eigenvalue weighted by Gasteiger charge is 2.15. The molecule has 5 heteroatoms. The van der Waals surface area contributed by atoms with Crippen LogP contribution in [-0.4, -0.2) is 34.9 Å². The third kappa shape index (κ3) is 2.00. The molecule has 0 amide bonds. The minimum absolute atomic E-state index is 0.205. The molecule has 0 saturated heterocycles. The molecule has 0 spiro atoms. The van der Waals surface area contributed by atoms with Crippen molar-refractivity contribution >= 4 is 11.5 Å². The minimum atomic E-state index is 0.205. The third-order valence-corrected chi connectivity index (χ3v) is 2.58. The van der Waals surface area contributed by atoms with E-state index in [1.165, 1.54) is 11.5 Å². The molecule has 0 aliphatic rings. The maximum Gasteiger partial charge on any atom is 0.139 e. The lowest BCUT2D eigenvalue weighted by Gasteiger charge is -2.19. The summed E-state index contributed by atoms with van der Waals surface area (Å²) in [6.45, 7) is 2.48. The van der Waals surface area contributed by atoms with Gasteiger partial charge in [0.1, 0.15) is 10.8 Å². The molecule has 1 aromatic rings. The van der Waals surface area contributed by atoms with Crippen LogP contribution in [0.2, 0.25) is 0 Å². The average molecular weight is 186 g/mol. The lowest BCUT2D eigenvalue weighted by Crippen LogP contribution is -2.27. The van der Waals surface area contributed by atoms with Gasteiger partial charge in [-0.2, -0.15) is 4.37 Å². The Bertz CT molecular complexity index is 245. The summed E-state index contributed by atoms with van der Waals surface area (Å²) in [6, 6.07) is 0.205. The topological polar surface area (TPSA) is 55.0 Å². The monoisotopic (exact) mass is 186 g/mol. The van der Waals surface area contributed by atoms with E-state index in [2.05, 4.69) is 14.3 Å². The van der Waals surface area contributed by atoms with Gasteiger partial charge < -0.3 is 5.73 Å². The summed E-state index contributed by atoms with van der Waals surface area (Å²) < 4.78 is 4.12. The van der Waals surface area contributed by atoms with Crippen LogP contribution < -0.4 is 5.73 Å². The zero-order valence-corrected chi connectivity index (χ0v) is 8.43. The van der Waals surface area contributed by atoms with Gasteiger partial charge in [0.15, 0.2) is 0 Å². The number of rotatable bonds is 3. The summed E-state index contributed by atoms with van der Waals surface area (Å²) in [7, 11) is 3.99. The van der Waals surface area contributed by atoms with Crippen molar-refractivity contribution in [1.29, 1.82) is 0 Å². The first-order chi connectivity index (χ1) is 5.65. The number of hydrogen-bond acceptors (Lipinski definition) is 5. The Morgan fingerprint density at radius 3 is 2.58 bits per heavy atom. The van der Waals surface area contributed by atoms with Crippen LogP contribution >= 0.6 is 11.5 Å². The summed E-state index contributed by atoms with van der Waals surface area (Å²) in [6.07, 6.45) is 0. The summed E-state index contributed by atoms with van der Waals surface area (Å²) in [5, 5.41) is 1.00. The smallest absolute Gasteiger partial charge is 0.139 e. The highest BCUT2D eigenvalue weighted by atomic mass is 32.1. The minimum Gasteiger partial charge on any atom is -0.329 e. The molecule has 4 nitrogen and oxygen atoms in total. The fraction of sp³-hybridized carbons (Fsp3) is 0.714. The largest absolute Gasteiger partial charge is 0.329 e. The molecular formula is C7H14N4S. The molecule has 1 heterocycles. The molecule has 1 unspecified atom stereocenters. The van der Waals surface area contributed by atoms with Gasteiger partial charge in [0, 0.05) is 6.54 Å². The summed E-state index contributed by atoms with van der Waals surface area (Å²) >= 11 is 1.43. The van der Waals surface area contributed by atoms with Crippen molar-refractivity contribution in [2.75, 3.05) is 20.6 Å². The van der Waals surface area contributed by atoms with Crippen molar-refractivity contribution in [2.24, 2.45) is 5.73 Å². The van der Waals surface area contributed by atoms with E-state index in [0.717, 1.165) is 10.8 Å². The maximum absolute atomic E-state index is 5.61. The van der Waals surface area contributed by atoms with E-state index in [4.69, 9.17) is 5.73 Å². The second-order valence-electron chi connectivity index (χ2n) is 2.89. The van der Waals surface area contributed by atoms with E-state index in [1.54, 1.807) is 0 Å². The van der Waals surface area contributed by atoms with E-state index in [-0.39, 0.29) is 6.04 Å². The van der Waals surface area contributed by atoms with Gasteiger partial charge in [-0.05, 0) is 32.6 Å². The molecule has 1 atom stereocenters. The normalized spacial score (nSPS) is 13.8. The number of nitrogens with zero attached hydrogens (tertiary/aromatic N) is 3. The van der Waals surface area contributed by atoms with Crippen molar-refractivity contribution in [2.45, 2.75) is 13.0 Å². The van der Waals surface area contributed by atoms with Crippen LogP contribution in [0.4, 0.5) is 0 Å². The molecule has 0 aliphatic heterocycles. The van der Waals surface area contributed by atoms with Crippen LogP contribution in [0.15, 0.2) is 0 Å². The first-order valence-electron chi connectivity index (χ1n) is 3.82. The first-order valence-corrected chi connectivity index (χ1v) is 4.59. The second-order valence-corrected chi connectivity index (χ2v) is 3.68. The molecule has 68 valence electrons. The van der Waals surface area contributed by atoms with Crippen LogP contribution in [0, 0.1) is 6.92 Å².